The summed E-state index contributed by atoms with van der Waals surface area (Å²) in [7, 11) is 0. The van der Waals surface area contributed by atoms with Gasteiger partial charge in [0.1, 0.15) is 5.82 Å². The number of nitrogens with one attached hydrogen (secondary N) is 2. The SMILES string of the molecule is CCNc1nc(-c2ccc(F)cc2)c2cn[nH]c2n1. The zero-order valence-electron chi connectivity index (χ0n) is 10.3. The van der Waals surface area contributed by atoms with Crippen molar-refractivity contribution in [2.24, 2.45) is 0 Å². The molecule has 0 aliphatic carbocycles. The smallest absolute Gasteiger partial charge is 0.225 e. The highest BCUT2D eigenvalue weighted by Gasteiger charge is 2.11. The van der Waals surface area contributed by atoms with E-state index in [0.29, 0.717) is 11.6 Å². The van der Waals surface area contributed by atoms with Crippen LogP contribution in [0.3, 0.4) is 0 Å². The summed E-state index contributed by atoms with van der Waals surface area (Å²) in [5, 5.41) is 10.7. The van der Waals surface area contributed by atoms with E-state index in [-0.39, 0.29) is 5.82 Å². The number of hydrogen-bond acceptors (Lipinski definition) is 4. The summed E-state index contributed by atoms with van der Waals surface area (Å²) >= 11 is 0. The third-order valence-electron chi connectivity index (χ3n) is 2.76. The Balaban J connectivity index is 2.20. The Labute approximate surface area is 108 Å². The molecule has 5 nitrogen and oxygen atoms in total. The maximum atomic E-state index is 13.0. The highest BCUT2D eigenvalue weighted by Crippen LogP contribution is 2.26. The van der Waals surface area contributed by atoms with Crippen molar-refractivity contribution in [3.05, 3.63) is 36.3 Å². The van der Waals surface area contributed by atoms with Gasteiger partial charge in [-0.05, 0) is 31.2 Å². The Morgan fingerprint density at radius 3 is 2.74 bits per heavy atom. The van der Waals surface area contributed by atoms with Crippen molar-refractivity contribution in [3.63, 3.8) is 0 Å². The van der Waals surface area contributed by atoms with Crippen molar-refractivity contribution in [2.45, 2.75) is 6.92 Å². The van der Waals surface area contributed by atoms with E-state index in [9.17, 15) is 4.39 Å². The highest BCUT2D eigenvalue weighted by molar-refractivity contribution is 5.90. The number of nitrogens with zero attached hydrogens (tertiary/aromatic N) is 3. The van der Waals surface area contributed by atoms with Crippen molar-refractivity contribution in [1.29, 1.82) is 0 Å². The van der Waals surface area contributed by atoms with Gasteiger partial charge in [-0.2, -0.15) is 10.1 Å². The molecule has 0 radical (unpaired) electrons. The van der Waals surface area contributed by atoms with Crippen LogP contribution in [0.25, 0.3) is 22.3 Å². The molecule has 2 aromatic heterocycles. The summed E-state index contributed by atoms with van der Waals surface area (Å²) in [6.07, 6.45) is 1.67. The van der Waals surface area contributed by atoms with E-state index in [1.807, 2.05) is 6.92 Å². The van der Waals surface area contributed by atoms with E-state index in [2.05, 4.69) is 25.5 Å². The maximum absolute atomic E-state index is 13.0. The second kappa shape index (κ2) is 4.64. The molecule has 0 atom stereocenters. The van der Waals surface area contributed by atoms with Crippen LogP contribution in [0.15, 0.2) is 30.5 Å². The minimum absolute atomic E-state index is 0.270. The summed E-state index contributed by atoms with van der Waals surface area (Å²) < 4.78 is 13.0. The monoisotopic (exact) mass is 257 g/mol. The molecule has 0 unspecified atom stereocenters. The molecule has 2 N–H and O–H groups in total. The molecular weight excluding hydrogens is 245 g/mol. The molecule has 0 fully saturated rings. The van der Waals surface area contributed by atoms with Crippen LogP contribution in [0.4, 0.5) is 10.3 Å². The summed E-state index contributed by atoms with van der Waals surface area (Å²) in [6, 6.07) is 6.21. The molecule has 0 aliphatic heterocycles. The lowest BCUT2D eigenvalue weighted by atomic mass is 10.1. The Kier molecular flexibility index (Phi) is 2.83. The van der Waals surface area contributed by atoms with Crippen LogP contribution in [-0.2, 0) is 0 Å². The molecule has 2 heterocycles. The molecule has 19 heavy (non-hydrogen) atoms. The lowest BCUT2D eigenvalue weighted by Crippen LogP contribution is -2.03. The first-order valence-electron chi connectivity index (χ1n) is 5.99. The average Bonchev–Trinajstić information content (AvgIpc) is 2.87. The van der Waals surface area contributed by atoms with E-state index in [0.717, 1.165) is 23.2 Å². The highest BCUT2D eigenvalue weighted by atomic mass is 19.1. The van der Waals surface area contributed by atoms with E-state index in [1.165, 1.54) is 12.1 Å². The standard InChI is InChI=1S/C13H12FN5/c1-2-15-13-17-11(8-3-5-9(14)6-4-8)10-7-16-19-12(10)18-13/h3-7H,2H2,1H3,(H2,15,16,17,18,19). The van der Waals surface area contributed by atoms with Gasteiger partial charge in [-0.15, -0.1) is 0 Å². The van der Waals surface area contributed by atoms with Crippen molar-refractivity contribution < 1.29 is 4.39 Å². The fourth-order valence-electron chi connectivity index (χ4n) is 1.90. The molecule has 96 valence electrons. The lowest BCUT2D eigenvalue weighted by molar-refractivity contribution is 0.628. The number of aromatic nitrogens is 4. The fourth-order valence-corrected chi connectivity index (χ4v) is 1.90. The van der Waals surface area contributed by atoms with E-state index >= 15 is 0 Å². The largest absolute Gasteiger partial charge is 0.354 e. The van der Waals surface area contributed by atoms with Gasteiger partial charge < -0.3 is 5.32 Å². The summed E-state index contributed by atoms with van der Waals surface area (Å²) in [6.45, 7) is 2.70. The van der Waals surface area contributed by atoms with E-state index in [4.69, 9.17) is 0 Å². The number of anilines is 1. The van der Waals surface area contributed by atoms with Gasteiger partial charge in [0.2, 0.25) is 5.95 Å². The molecule has 0 bridgehead atoms. The van der Waals surface area contributed by atoms with Crippen molar-refractivity contribution in [3.8, 4) is 11.3 Å². The third-order valence-corrected chi connectivity index (χ3v) is 2.76. The van der Waals surface area contributed by atoms with Crippen LogP contribution < -0.4 is 5.32 Å². The number of benzene rings is 1. The number of aromatic amines is 1. The van der Waals surface area contributed by atoms with Crippen LogP contribution in [0.5, 0.6) is 0 Å². The van der Waals surface area contributed by atoms with Crippen molar-refractivity contribution in [2.75, 3.05) is 11.9 Å². The molecule has 0 aliphatic rings. The zero-order valence-corrected chi connectivity index (χ0v) is 10.3. The molecule has 0 saturated heterocycles. The van der Waals surface area contributed by atoms with Gasteiger partial charge >= 0.3 is 0 Å². The second-order valence-electron chi connectivity index (χ2n) is 4.07. The van der Waals surface area contributed by atoms with Crippen LogP contribution in [0.2, 0.25) is 0 Å². The average molecular weight is 257 g/mol. The van der Waals surface area contributed by atoms with E-state index < -0.39 is 0 Å². The minimum Gasteiger partial charge on any atom is -0.354 e. The molecule has 1 aromatic carbocycles. The summed E-state index contributed by atoms with van der Waals surface area (Å²) in [5.74, 6) is 0.256. The van der Waals surface area contributed by atoms with Crippen molar-refractivity contribution in [1.82, 2.24) is 20.2 Å². The Hall–Kier alpha value is -2.50. The van der Waals surface area contributed by atoms with Gasteiger partial charge in [0.15, 0.2) is 5.65 Å². The maximum Gasteiger partial charge on any atom is 0.225 e. The predicted octanol–water partition coefficient (Wildman–Crippen LogP) is 2.59. The van der Waals surface area contributed by atoms with Crippen LogP contribution >= 0.6 is 0 Å². The number of hydrogen-bond donors (Lipinski definition) is 2. The molecule has 0 saturated carbocycles. The first-order valence-corrected chi connectivity index (χ1v) is 5.99. The predicted molar refractivity (Wildman–Crippen MR) is 71.2 cm³/mol. The van der Waals surface area contributed by atoms with Crippen molar-refractivity contribution >= 4 is 17.0 Å². The second-order valence-corrected chi connectivity index (χ2v) is 4.07. The first-order chi connectivity index (χ1) is 9.28. The van der Waals surface area contributed by atoms with Gasteiger partial charge in [0.25, 0.3) is 0 Å². The fraction of sp³-hybridized carbons (Fsp3) is 0.154. The molecule has 6 heteroatoms. The van der Waals surface area contributed by atoms with E-state index in [1.54, 1.807) is 18.3 Å². The quantitative estimate of drug-likeness (QED) is 0.756. The number of rotatable bonds is 3. The summed E-state index contributed by atoms with van der Waals surface area (Å²) in [5.41, 5.74) is 2.22. The van der Waals surface area contributed by atoms with Gasteiger partial charge in [0, 0.05) is 12.1 Å². The first kappa shape index (κ1) is 11.6. The van der Waals surface area contributed by atoms with Gasteiger partial charge in [-0.25, -0.2) is 9.37 Å². The Morgan fingerprint density at radius 2 is 2.00 bits per heavy atom. The van der Waals surface area contributed by atoms with Gasteiger partial charge in [0.05, 0.1) is 17.3 Å². The topological polar surface area (TPSA) is 66.5 Å². The molecule has 3 rings (SSSR count). The van der Waals surface area contributed by atoms with Crippen LogP contribution in [0.1, 0.15) is 6.92 Å². The van der Waals surface area contributed by atoms with Gasteiger partial charge in [-0.1, -0.05) is 0 Å². The Bertz CT molecular complexity index is 705. The van der Waals surface area contributed by atoms with Crippen LogP contribution in [0, 0.1) is 5.82 Å². The molecular formula is C13H12FN5. The lowest BCUT2D eigenvalue weighted by Gasteiger charge is -2.06. The van der Waals surface area contributed by atoms with Crippen LogP contribution in [-0.4, -0.2) is 26.7 Å². The molecule has 0 amide bonds. The molecule has 0 spiro atoms. The summed E-state index contributed by atoms with van der Waals surface area (Å²) in [4.78, 5) is 8.77. The minimum atomic E-state index is -0.270. The number of H-pyrrole nitrogens is 1. The Morgan fingerprint density at radius 1 is 1.21 bits per heavy atom. The third kappa shape index (κ3) is 2.12. The number of halogens is 1. The normalized spacial score (nSPS) is 10.8. The zero-order chi connectivity index (χ0) is 13.2. The molecule has 3 aromatic rings. The van der Waals surface area contributed by atoms with Gasteiger partial charge in [-0.3, -0.25) is 5.10 Å². The number of fused-ring (bicyclic) bond motifs is 1.